The summed E-state index contributed by atoms with van der Waals surface area (Å²) in [6.45, 7) is 35.0. The van der Waals surface area contributed by atoms with E-state index in [2.05, 4.69) is 170 Å². The van der Waals surface area contributed by atoms with Crippen molar-refractivity contribution in [3.05, 3.63) is 119 Å². The molecule has 7 heterocycles. The predicted molar refractivity (Wildman–Crippen MR) is 236 cm³/mol. The molecule has 7 rings (SSSR count). The molecule has 306 valence electrons. The van der Waals surface area contributed by atoms with Crippen molar-refractivity contribution < 1.29 is 0 Å². The van der Waals surface area contributed by atoms with E-state index >= 15 is 0 Å². The third-order valence-corrected chi connectivity index (χ3v) is 9.94. The Morgan fingerprint density at radius 3 is 1.54 bits per heavy atom. The molecule has 0 fully saturated rings. The van der Waals surface area contributed by atoms with Gasteiger partial charge in [-0.05, 0) is 81.7 Å². The Labute approximate surface area is 341 Å². The Balaban J connectivity index is 0.000000169. The lowest BCUT2D eigenvalue weighted by Gasteiger charge is -2.16. The lowest BCUT2D eigenvalue weighted by molar-refractivity contribution is 0.702. The zero-order valence-electron chi connectivity index (χ0n) is 37.5. The van der Waals surface area contributed by atoms with E-state index in [1.165, 1.54) is 45.0 Å². The van der Waals surface area contributed by atoms with Gasteiger partial charge in [0.15, 0.2) is 11.3 Å². The monoisotopic (exact) mass is 773 g/mol. The van der Waals surface area contributed by atoms with Gasteiger partial charge in [0.2, 0.25) is 0 Å². The summed E-state index contributed by atoms with van der Waals surface area (Å²) in [4.78, 5) is 22.1. The first-order chi connectivity index (χ1) is 26.9. The maximum absolute atomic E-state index is 4.72. The number of hydrogen-bond donors (Lipinski definition) is 0. The first kappa shape index (κ1) is 44.7. The van der Waals surface area contributed by atoms with Crippen LogP contribution < -0.4 is 0 Å². The molecule has 0 radical (unpaired) electrons. The fourth-order valence-electron chi connectivity index (χ4n) is 6.89. The normalized spacial score (nSPS) is 11.7. The molecule has 10 nitrogen and oxygen atoms in total. The van der Waals surface area contributed by atoms with Crippen molar-refractivity contribution in [1.29, 1.82) is 0 Å². The van der Waals surface area contributed by atoms with Crippen LogP contribution in [-0.4, -0.2) is 48.5 Å². The standard InChI is InChI=1S/C13H18N2.2C12H17N3.C10H16N2/c1-9(2)11-8-15-7-5-6-12(15)14-13(11)10(3)4;1-8(2)10-7-13-11-5-6-14-15(11)12(10)9(3)4;1-8(2)10-7-15-11(5-6-13-15)14-12(10)9(3)4;1-7(2)9-5-11-6-12-10(9)8(3)4/h5-10H,1-4H3;2*5-9H,1-4H3;5-8H,1-4H3. The second-order valence-corrected chi connectivity index (χ2v) is 17.4. The zero-order chi connectivity index (χ0) is 42.1. The summed E-state index contributed by atoms with van der Waals surface area (Å²) in [5, 5.41) is 8.55. The van der Waals surface area contributed by atoms with Crippen LogP contribution in [0, 0.1) is 0 Å². The van der Waals surface area contributed by atoms with E-state index < -0.39 is 0 Å². The van der Waals surface area contributed by atoms with Gasteiger partial charge in [-0.25, -0.2) is 34.0 Å². The van der Waals surface area contributed by atoms with Crippen molar-refractivity contribution in [2.45, 2.75) is 158 Å². The SMILES string of the molecule is CC(C)c1cn2cccc2nc1C(C)C.CC(C)c1cn2nccc2nc1C(C)C.CC(C)c1cnc2ccnn2c1C(C)C.CC(C)c1cncnc1C(C)C. The van der Waals surface area contributed by atoms with E-state index in [9.17, 15) is 0 Å². The molecule has 0 atom stereocenters. The number of nitrogens with zero attached hydrogens (tertiary/aromatic N) is 10. The van der Waals surface area contributed by atoms with E-state index in [4.69, 9.17) is 4.98 Å². The minimum absolute atomic E-state index is 0.460. The van der Waals surface area contributed by atoms with Crippen LogP contribution in [0.1, 0.15) is 203 Å². The largest absolute Gasteiger partial charge is 0.308 e. The van der Waals surface area contributed by atoms with Crippen LogP contribution in [-0.2, 0) is 0 Å². The summed E-state index contributed by atoms with van der Waals surface area (Å²) < 4.78 is 5.91. The summed E-state index contributed by atoms with van der Waals surface area (Å²) in [6.07, 6.45) is 15.5. The molecule has 0 N–H and O–H groups in total. The van der Waals surface area contributed by atoms with Gasteiger partial charge < -0.3 is 4.40 Å². The van der Waals surface area contributed by atoms with Gasteiger partial charge in [0.05, 0.1) is 29.5 Å². The number of aromatic nitrogens is 10. The van der Waals surface area contributed by atoms with Gasteiger partial charge in [0.25, 0.3) is 0 Å². The molecule has 57 heavy (non-hydrogen) atoms. The van der Waals surface area contributed by atoms with Crippen molar-refractivity contribution in [1.82, 2.24) is 48.5 Å². The maximum Gasteiger partial charge on any atom is 0.155 e. The van der Waals surface area contributed by atoms with E-state index in [-0.39, 0.29) is 0 Å². The highest BCUT2D eigenvalue weighted by atomic mass is 15.3. The third kappa shape index (κ3) is 11.1. The van der Waals surface area contributed by atoms with Gasteiger partial charge in [-0.1, -0.05) is 111 Å². The van der Waals surface area contributed by atoms with Crippen LogP contribution in [0.5, 0.6) is 0 Å². The highest BCUT2D eigenvalue weighted by molar-refractivity contribution is 5.44. The minimum atomic E-state index is 0.460. The van der Waals surface area contributed by atoms with Crippen LogP contribution in [0.15, 0.2) is 74.0 Å². The molecular formula is C47H68N10. The quantitative estimate of drug-likeness (QED) is 0.151. The van der Waals surface area contributed by atoms with Crippen molar-refractivity contribution in [3.8, 4) is 0 Å². The van der Waals surface area contributed by atoms with Crippen molar-refractivity contribution in [2.75, 3.05) is 0 Å². The minimum Gasteiger partial charge on any atom is -0.308 e. The first-order valence-electron chi connectivity index (χ1n) is 20.9. The molecule has 7 aromatic heterocycles. The summed E-state index contributed by atoms with van der Waals surface area (Å²) in [5.74, 6) is 3.93. The van der Waals surface area contributed by atoms with Gasteiger partial charge in [-0.2, -0.15) is 10.2 Å². The summed E-state index contributed by atoms with van der Waals surface area (Å²) in [6, 6.07) is 7.97. The molecule has 0 unspecified atom stereocenters. The molecule has 0 aliphatic heterocycles. The molecule has 10 heteroatoms. The van der Waals surface area contributed by atoms with Gasteiger partial charge in [0.1, 0.15) is 12.0 Å². The predicted octanol–water partition coefficient (Wildman–Crippen LogP) is 12.3. The molecule has 0 bridgehead atoms. The molecule has 0 aromatic carbocycles. The summed E-state index contributed by atoms with van der Waals surface area (Å²) in [5.41, 5.74) is 13.0. The average molecular weight is 773 g/mol. The van der Waals surface area contributed by atoms with E-state index in [1.807, 2.05) is 39.6 Å². The number of fused-ring (bicyclic) bond motifs is 3. The van der Waals surface area contributed by atoms with Crippen LogP contribution in [0.3, 0.4) is 0 Å². The second-order valence-electron chi connectivity index (χ2n) is 17.4. The van der Waals surface area contributed by atoms with Gasteiger partial charge in [0, 0.05) is 48.8 Å². The molecule has 7 aromatic rings. The second kappa shape index (κ2) is 19.9. The van der Waals surface area contributed by atoms with E-state index in [1.54, 1.807) is 18.7 Å². The Hall–Kier alpha value is -4.99. The van der Waals surface area contributed by atoms with Crippen LogP contribution in [0.2, 0.25) is 0 Å². The van der Waals surface area contributed by atoms with E-state index in [0.29, 0.717) is 47.3 Å². The smallest absolute Gasteiger partial charge is 0.155 e. The molecule has 0 aliphatic rings. The molecular weight excluding hydrogens is 705 g/mol. The number of hydrogen-bond acceptors (Lipinski definition) is 7. The van der Waals surface area contributed by atoms with E-state index in [0.717, 1.165) is 16.9 Å². The number of rotatable bonds is 8. The Morgan fingerprint density at radius 1 is 0.456 bits per heavy atom. The highest BCUT2D eigenvalue weighted by Gasteiger charge is 2.16. The van der Waals surface area contributed by atoms with Gasteiger partial charge in [-0.3, -0.25) is 0 Å². The molecule has 0 amide bonds. The first-order valence-corrected chi connectivity index (χ1v) is 20.9. The van der Waals surface area contributed by atoms with Crippen molar-refractivity contribution in [2.24, 2.45) is 0 Å². The molecule has 0 spiro atoms. The fourth-order valence-corrected chi connectivity index (χ4v) is 6.89. The summed E-state index contributed by atoms with van der Waals surface area (Å²) in [7, 11) is 0. The molecule has 0 saturated heterocycles. The Morgan fingerprint density at radius 2 is 1.00 bits per heavy atom. The third-order valence-electron chi connectivity index (χ3n) is 9.94. The Bertz CT molecular complexity index is 2090. The van der Waals surface area contributed by atoms with Crippen molar-refractivity contribution in [3.63, 3.8) is 0 Å². The highest BCUT2D eigenvalue weighted by Crippen LogP contribution is 2.28. The van der Waals surface area contributed by atoms with Gasteiger partial charge in [-0.15, -0.1) is 0 Å². The Kier molecular flexibility index (Phi) is 15.6. The van der Waals surface area contributed by atoms with Crippen LogP contribution in [0.25, 0.3) is 16.9 Å². The topological polar surface area (TPSA) is 103 Å². The fraction of sp³-hybridized carbons (Fsp3) is 0.511. The maximum atomic E-state index is 4.72. The van der Waals surface area contributed by atoms with Crippen LogP contribution >= 0.6 is 0 Å². The lowest BCUT2D eigenvalue weighted by Crippen LogP contribution is -2.08. The zero-order valence-corrected chi connectivity index (χ0v) is 37.5. The molecule has 0 aliphatic carbocycles. The summed E-state index contributed by atoms with van der Waals surface area (Å²) >= 11 is 0. The van der Waals surface area contributed by atoms with Crippen molar-refractivity contribution >= 4 is 16.9 Å². The molecule has 0 saturated carbocycles. The average Bonchev–Trinajstić information content (AvgIpc) is 3.94. The lowest BCUT2D eigenvalue weighted by atomic mass is 9.97. The van der Waals surface area contributed by atoms with Gasteiger partial charge >= 0.3 is 0 Å². The van der Waals surface area contributed by atoms with Crippen LogP contribution in [0.4, 0.5) is 0 Å².